The molecule has 0 aromatic carbocycles. The quantitative estimate of drug-likeness (QED) is 0.770. The molecule has 1 saturated carbocycles. The van der Waals surface area contributed by atoms with Crippen LogP contribution in [-0.2, 0) is 0 Å². The molecule has 13 heavy (non-hydrogen) atoms. The third-order valence-electron chi connectivity index (χ3n) is 2.16. The molecule has 0 saturated heterocycles. The van der Waals surface area contributed by atoms with Gasteiger partial charge in [0.1, 0.15) is 5.82 Å². The van der Waals surface area contributed by atoms with Gasteiger partial charge in [0.2, 0.25) is 5.95 Å². The van der Waals surface area contributed by atoms with Gasteiger partial charge in [0, 0.05) is 6.54 Å². The standard InChI is InChI=1S/C9H12FN3/c10-8-5-11-6-9(13-8)12-4-3-7-1-2-7/h5-7H,1-4H2,(H,12,13). The third-order valence-corrected chi connectivity index (χ3v) is 2.16. The first kappa shape index (κ1) is 8.41. The SMILES string of the molecule is Fc1cncc(NCCC2CC2)n1. The summed E-state index contributed by atoms with van der Waals surface area (Å²) >= 11 is 0. The lowest BCUT2D eigenvalue weighted by Crippen LogP contribution is -2.05. The zero-order valence-electron chi connectivity index (χ0n) is 7.33. The molecule has 0 aliphatic heterocycles. The zero-order chi connectivity index (χ0) is 9.10. The lowest BCUT2D eigenvalue weighted by molar-refractivity contribution is 0.577. The van der Waals surface area contributed by atoms with Crippen molar-refractivity contribution in [3.8, 4) is 0 Å². The van der Waals surface area contributed by atoms with Gasteiger partial charge in [-0.05, 0) is 12.3 Å². The minimum atomic E-state index is -0.531. The van der Waals surface area contributed by atoms with Crippen LogP contribution in [0.1, 0.15) is 19.3 Å². The van der Waals surface area contributed by atoms with E-state index in [2.05, 4.69) is 15.3 Å². The molecule has 0 atom stereocenters. The highest BCUT2D eigenvalue weighted by Gasteiger charge is 2.20. The second-order valence-electron chi connectivity index (χ2n) is 3.39. The maximum Gasteiger partial charge on any atom is 0.233 e. The fraction of sp³-hybridized carbons (Fsp3) is 0.556. The summed E-state index contributed by atoms with van der Waals surface area (Å²) in [6.45, 7) is 0.864. The number of hydrogen-bond acceptors (Lipinski definition) is 3. The van der Waals surface area contributed by atoms with Gasteiger partial charge in [0.25, 0.3) is 0 Å². The van der Waals surface area contributed by atoms with Crippen LogP contribution in [0.4, 0.5) is 10.2 Å². The molecule has 3 nitrogen and oxygen atoms in total. The number of anilines is 1. The van der Waals surface area contributed by atoms with Crippen LogP contribution in [0.5, 0.6) is 0 Å². The van der Waals surface area contributed by atoms with Crippen LogP contribution >= 0.6 is 0 Å². The van der Waals surface area contributed by atoms with E-state index in [1.54, 1.807) is 0 Å². The third kappa shape index (κ3) is 2.65. The lowest BCUT2D eigenvalue weighted by atomic mass is 10.3. The lowest BCUT2D eigenvalue weighted by Gasteiger charge is -2.02. The van der Waals surface area contributed by atoms with E-state index < -0.39 is 5.95 Å². The topological polar surface area (TPSA) is 37.8 Å². The van der Waals surface area contributed by atoms with E-state index in [-0.39, 0.29) is 0 Å². The monoisotopic (exact) mass is 181 g/mol. The number of nitrogens with zero attached hydrogens (tertiary/aromatic N) is 2. The molecule has 1 heterocycles. The number of hydrogen-bond donors (Lipinski definition) is 1. The van der Waals surface area contributed by atoms with Crippen molar-refractivity contribution >= 4 is 5.82 Å². The molecule has 1 N–H and O–H groups in total. The van der Waals surface area contributed by atoms with E-state index in [4.69, 9.17) is 0 Å². The van der Waals surface area contributed by atoms with Crippen molar-refractivity contribution in [2.45, 2.75) is 19.3 Å². The van der Waals surface area contributed by atoms with E-state index in [9.17, 15) is 4.39 Å². The van der Waals surface area contributed by atoms with Gasteiger partial charge in [-0.2, -0.15) is 9.37 Å². The molecule has 0 bridgehead atoms. The van der Waals surface area contributed by atoms with E-state index in [1.807, 2.05) is 0 Å². The Bertz CT molecular complexity index is 286. The largest absolute Gasteiger partial charge is 0.369 e. The summed E-state index contributed by atoms with van der Waals surface area (Å²) in [5.41, 5.74) is 0. The molecular weight excluding hydrogens is 169 g/mol. The van der Waals surface area contributed by atoms with Crippen LogP contribution in [0.25, 0.3) is 0 Å². The first-order valence-corrected chi connectivity index (χ1v) is 4.56. The zero-order valence-corrected chi connectivity index (χ0v) is 7.33. The Balaban J connectivity index is 1.79. The Labute approximate surface area is 76.4 Å². The molecule has 0 spiro atoms. The summed E-state index contributed by atoms with van der Waals surface area (Å²) in [7, 11) is 0. The summed E-state index contributed by atoms with van der Waals surface area (Å²) in [6.07, 6.45) is 6.48. The van der Waals surface area contributed by atoms with Crippen molar-refractivity contribution in [1.82, 2.24) is 9.97 Å². The Hall–Kier alpha value is -1.19. The molecule has 4 heteroatoms. The molecule has 2 rings (SSSR count). The summed E-state index contributed by atoms with van der Waals surface area (Å²) < 4.78 is 12.6. The number of nitrogens with one attached hydrogen (secondary N) is 1. The van der Waals surface area contributed by atoms with Gasteiger partial charge in [0.05, 0.1) is 12.4 Å². The first-order chi connectivity index (χ1) is 6.34. The summed E-state index contributed by atoms with van der Waals surface area (Å²) in [4.78, 5) is 7.35. The van der Waals surface area contributed by atoms with Crippen molar-refractivity contribution in [2.24, 2.45) is 5.92 Å². The first-order valence-electron chi connectivity index (χ1n) is 4.56. The van der Waals surface area contributed by atoms with Gasteiger partial charge in [-0.1, -0.05) is 12.8 Å². The van der Waals surface area contributed by atoms with Crippen LogP contribution in [0.2, 0.25) is 0 Å². The molecule has 1 aromatic heterocycles. The molecule has 1 aliphatic carbocycles. The molecule has 1 aliphatic rings. The van der Waals surface area contributed by atoms with Gasteiger partial charge in [-0.15, -0.1) is 0 Å². The summed E-state index contributed by atoms with van der Waals surface area (Å²) in [5, 5.41) is 3.04. The average Bonchev–Trinajstić information content (AvgIpc) is 2.88. The van der Waals surface area contributed by atoms with Crippen LogP contribution in [-0.4, -0.2) is 16.5 Å². The van der Waals surface area contributed by atoms with Gasteiger partial charge in [-0.3, -0.25) is 4.98 Å². The van der Waals surface area contributed by atoms with Gasteiger partial charge >= 0.3 is 0 Å². The van der Waals surface area contributed by atoms with E-state index in [0.29, 0.717) is 5.82 Å². The normalized spacial score (nSPS) is 15.8. The molecule has 0 amide bonds. The molecule has 1 fully saturated rings. The fourth-order valence-electron chi connectivity index (χ4n) is 1.24. The van der Waals surface area contributed by atoms with Crippen molar-refractivity contribution in [2.75, 3.05) is 11.9 Å². The van der Waals surface area contributed by atoms with Crippen molar-refractivity contribution in [1.29, 1.82) is 0 Å². The predicted molar refractivity (Wildman–Crippen MR) is 47.8 cm³/mol. The predicted octanol–water partition coefficient (Wildman–Crippen LogP) is 1.83. The average molecular weight is 181 g/mol. The van der Waals surface area contributed by atoms with Crippen LogP contribution in [0.3, 0.4) is 0 Å². The highest BCUT2D eigenvalue weighted by Crippen LogP contribution is 2.31. The number of aromatic nitrogens is 2. The minimum absolute atomic E-state index is 0.528. The molecule has 0 unspecified atom stereocenters. The van der Waals surface area contributed by atoms with Gasteiger partial charge in [0.15, 0.2) is 0 Å². The molecule has 0 radical (unpaired) electrons. The van der Waals surface area contributed by atoms with Crippen LogP contribution in [0, 0.1) is 11.9 Å². The number of halogens is 1. The Morgan fingerprint density at radius 1 is 1.46 bits per heavy atom. The van der Waals surface area contributed by atoms with E-state index in [0.717, 1.165) is 25.1 Å². The second-order valence-corrected chi connectivity index (χ2v) is 3.39. The molecular formula is C9H12FN3. The summed E-state index contributed by atoms with van der Waals surface area (Å²) in [5.74, 6) is 0.881. The molecule has 1 aromatic rings. The van der Waals surface area contributed by atoms with E-state index in [1.165, 1.54) is 19.0 Å². The maximum atomic E-state index is 12.6. The van der Waals surface area contributed by atoms with Crippen molar-refractivity contribution in [3.63, 3.8) is 0 Å². The highest BCUT2D eigenvalue weighted by atomic mass is 19.1. The van der Waals surface area contributed by atoms with Gasteiger partial charge in [-0.25, -0.2) is 0 Å². The maximum absolute atomic E-state index is 12.6. The Kier molecular flexibility index (Phi) is 2.38. The van der Waals surface area contributed by atoms with Crippen molar-refractivity contribution in [3.05, 3.63) is 18.3 Å². The Morgan fingerprint density at radius 2 is 2.31 bits per heavy atom. The smallest absolute Gasteiger partial charge is 0.233 e. The highest BCUT2D eigenvalue weighted by molar-refractivity contribution is 5.29. The van der Waals surface area contributed by atoms with Crippen molar-refractivity contribution < 1.29 is 4.39 Å². The number of rotatable bonds is 4. The summed E-state index contributed by atoms with van der Waals surface area (Å²) in [6, 6.07) is 0. The fourth-order valence-corrected chi connectivity index (χ4v) is 1.24. The molecule has 70 valence electrons. The van der Waals surface area contributed by atoms with E-state index >= 15 is 0 Å². The second kappa shape index (κ2) is 3.68. The van der Waals surface area contributed by atoms with Crippen LogP contribution in [0.15, 0.2) is 12.4 Å². The van der Waals surface area contributed by atoms with Gasteiger partial charge < -0.3 is 5.32 Å². The minimum Gasteiger partial charge on any atom is -0.369 e. The Morgan fingerprint density at radius 3 is 3.00 bits per heavy atom. The van der Waals surface area contributed by atoms with Crippen LogP contribution < -0.4 is 5.32 Å².